The molecule has 1 unspecified atom stereocenters. The Morgan fingerprint density at radius 3 is 2.83 bits per heavy atom. The summed E-state index contributed by atoms with van der Waals surface area (Å²) < 4.78 is 10.9. The molecule has 1 aliphatic heterocycles. The molecule has 0 saturated carbocycles. The molecule has 1 fully saturated rings. The summed E-state index contributed by atoms with van der Waals surface area (Å²) in [5.74, 6) is 0.499. The number of aliphatic hydroxyl groups excluding tert-OH is 1. The number of aromatic nitrogens is 2. The van der Waals surface area contributed by atoms with Gasteiger partial charge < -0.3 is 19.6 Å². The molecule has 8 heteroatoms. The fourth-order valence-corrected chi connectivity index (χ4v) is 4.30. The van der Waals surface area contributed by atoms with Crippen molar-refractivity contribution in [2.45, 2.75) is 32.9 Å². The van der Waals surface area contributed by atoms with Gasteiger partial charge in [-0.25, -0.2) is 4.98 Å². The number of rotatable bonds is 6. The summed E-state index contributed by atoms with van der Waals surface area (Å²) in [5, 5.41) is 14.0. The Kier molecular flexibility index (Phi) is 5.75. The predicted molar refractivity (Wildman–Crippen MR) is 110 cm³/mol. The monoisotopic (exact) mass is 413 g/mol. The minimum Gasteiger partial charge on any atom is -0.463 e. The standard InChI is InChI=1S/C21H23N3O4S/c1-12-10-15(11-22-13(12)2)20(26)24-21-23-17(16-4-3-7-28-16)19(29-21)18(25)14-5-8-27-9-6-14/h3-4,7,10-11,14,20,26H,5-6,8-9H2,1-2H3,(H,23,24). The Bertz CT molecular complexity index is 994. The minimum atomic E-state index is -0.983. The van der Waals surface area contributed by atoms with Crippen molar-refractivity contribution in [3.05, 3.63) is 52.4 Å². The van der Waals surface area contributed by atoms with Gasteiger partial charge in [-0.05, 0) is 50.5 Å². The van der Waals surface area contributed by atoms with Gasteiger partial charge in [0.25, 0.3) is 0 Å². The van der Waals surface area contributed by atoms with Gasteiger partial charge >= 0.3 is 0 Å². The van der Waals surface area contributed by atoms with Crippen LogP contribution in [0.2, 0.25) is 0 Å². The predicted octanol–water partition coefficient (Wildman–Crippen LogP) is 4.13. The second kappa shape index (κ2) is 8.44. The Hall–Kier alpha value is -2.55. The van der Waals surface area contributed by atoms with Crippen LogP contribution < -0.4 is 5.32 Å². The maximum absolute atomic E-state index is 13.1. The molecule has 3 aromatic rings. The van der Waals surface area contributed by atoms with Crippen LogP contribution in [0.4, 0.5) is 5.13 Å². The lowest BCUT2D eigenvalue weighted by molar-refractivity contribution is 0.0547. The van der Waals surface area contributed by atoms with E-state index in [4.69, 9.17) is 9.15 Å². The first-order valence-electron chi connectivity index (χ1n) is 9.57. The lowest BCUT2D eigenvalue weighted by Gasteiger charge is -2.20. The molecule has 4 rings (SSSR count). The fraction of sp³-hybridized carbons (Fsp3) is 0.381. The van der Waals surface area contributed by atoms with E-state index in [0.29, 0.717) is 53.1 Å². The van der Waals surface area contributed by atoms with Gasteiger partial charge in [-0.2, -0.15) is 0 Å². The summed E-state index contributed by atoms with van der Waals surface area (Å²) in [5.41, 5.74) is 3.05. The molecule has 0 amide bonds. The van der Waals surface area contributed by atoms with E-state index < -0.39 is 6.23 Å². The van der Waals surface area contributed by atoms with Crippen LogP contribution in [-0.4, -0.2) is 34.1 Å². The molecule has 0 aliphatic carbocycles. The average Bonchev–Trinajstić information content (AvgIpc) is 3.40. The summed E-state index contributed by atoms with van der Waals surface area (Å²) in [6.07, 6.45) is 3.61. The van der Waals surface area contributed by atoms with E-state index in [0.717, 1.165) is 11.3 Å². The number of ketones is 1. The van der Waals surface area contributed by atoms with E-state index >= 15 is 0 Å². The van der Waals surface area contributed by atoms with Crippen LogP contribution in [0.5, 0.6) is 0 Å². The number of aliphatic hydroxyl groups is 1. The summed E-state index contributed by atoms with van der Waals surface area (Å²) >= 11 is 1.24. The molecular formula is C21H23N3O4S. The molecule has 1 atom stereocenters. The van der Waals surface area contributed by atoms with Gasteiger partial charge in [0.05, 0.1) is 6.26 Å². The van der Waals surface area contributed by atoms with Crippen molar-refractivity contribution in [2.75, 3.05) is 18.5 Å². The average molecular weight is 413 g/mol. The van der Waals surface area contributed by atoms with Gasteiger partial charge in [-0.3, -0.25) is 9.78 Å². The molecule has 0 spiro atoms. The van der Waals surface area contributed by atoms with Crippen molar-refractivity contribution in [1.29, 1.82) is 0 Å². The van der Waals surface area contributed by atoms with E-state index in [1.807, 2.05) is 19.9 Å². The van der Waals surface area contributed by atoms with E-state index in [1.54, 1.807) is 24.6 Å². The van der Waals surface area contributed by atoms with Gasteiger partial charge in [0.1, 0.15) is 10.6 Å². The molecule has 1 saturated heterocycles. The normalized spacial score (nSPS) is 16.0. The number of carbonyl (C=O) groups excluding carboxylic acids is 1. The number of pyridine rings is 1. The zero-order chi connectivity index (χ0) is 20.4. The topological polar surface area (TPSA) is 97.5 Å². The van der Waals surface area contributed by atoms with Crippen LogP contribution in [0, 0.1) is 19.8 Å². The quantitative estimate of drug-likeness (QED) is 0.463. The number of nitrogens with zero attached hydrogens (tertiary/aromatic N) is 2. The summed E-state index contributed by atoms with van der Waals surface area (Å²) in [4.78, 5) is 22.5. The molecule has 3 aromatic heterocycles. The van der Waals surface area contributed by atoms with Crippen molar-refractivity contribution in [1.82, 2.24) is 9.97 Å². The largest absolute Gasteiger partial charge is 0.463 e. The highest BCUT2D eigenvalue weighted by Gasteiger charge is 2.29. The Labute approximate surface area is 172 Å². The van der Waals surface area contributed by atoms with Gasteiger partial charge in [0.15, 0.2) is 22.9 Å². The molecular weight excluding hydrogens is 390 g/mol. The highest BCUT2D eigenvalue weighted by molar-refractivity contribution is 7.18. The zero-order valence-electron chi connectivity index (χ0n) is 16.3. The van der Waals surface area contributed by atoms with Crippen molar-refractivity contribution in [3.63, 3.8) is 0 Å². The maximum atomic E-state index is 13.1. The third-order valence-corrected chi connectivity index (χ3v) is 6.14. The highest BCUT2D eigenvalue weighted by atomic mass is 32.1. The number of hydrogen-bond donors (Lipinski definition) is 2. The summed E-state index contributed by atoms with van der Waals surface area (Å²) in [6.45, 7) is 5.05. The number of thiazole rings is 1. The number of Topliss-reactive ketones (excluding diaryl/α,β-unsaturated/α-hetero) is 1. The fourth-order valence-electron chi connectivity index (χ4n) is 3.29. The van der Waals surface area contributed by atoms with Gasteiger partial charge in [0.2, 0.25) is 0 Å². The third kappa shape index (κ3) is 4.24. The van der Waals surface area contributed by atoms with Crippen LogP contribution >= 0.6 is 11.3 Å². The number of nitrogens with one attached hydrogen (secondary N) is 1. The van der Waals surface area contributed by atoms with E-state index in [9.17, 15) is 9.90 Å². The van der Waals surface area contributed by atoms with Crippen LogP contribution in [-0.2, 0) is 4.74 Å². The molecule has 4 heterocycles. The maximum Gasteiger partial charge on any atom is 0.186 e. The number of aryl methyl sites for hydroxylation is 2. The van der Waals surface area contributed by atoms with Crippen molar-refractivity contribution in [3.8, 4) is 11.5 Å². The van der Waals surface area contributed by atoms with Crippen molar-refractivity contribution < 1.29 is 19.1 Å². The van der Waals surface area contributed by atoms with Gasteiger partial charge in [0, 0.05) is 36.6 Å². The molecule has 0 radical (unpaired) electrons. The first-order valence-corrected chi connectivity index (χ1v) is 10.4. The molecule has 7 nitrogen and oxygen atoms in total. The molecule has 0 aromatic carbocycles. The van der Waals surface area contributed by atoms with Crippen LogP contribution in [0.3, 0.4) is 0 Å². The highest BCUT2D eigenvalue weighted by Crippen LogP contribution is 2.36. The first kappa shape index (κ1) is 19.8. The smallest absolute Gasteiger partial charge is 0.186 e. The summed E-state index contributed by atoms with van der Waals surface area (Å²) in [7, 11) is 0. The first-order chi connectivity index (χ1) is 14.0. The van der Waals surface area contributed by atoms with Gasteiger partial charge in [-0.15, -0.1) is 0 Å². The van der Waals surface area contributed by atoms with E-state index in [-0.39, 0.29) is 11.7 Å². The molecule has 29 heavy (non-hydrogen) atoms. The molecule has 2 N–H and O–H groups in total. The van der Waals surface area contributed by atoms with Crippen LogP contribution in [0.15, 0.2) is 35.1 Å². The Balaban J connectivity index is 1.62. The summed E-state index contributed by atoms with van der Waals surface area (Å²) in [6, 6.07) is 5.43. The van der Waals surface area contributed by atoms with Crippen LogP contribution in [0.25, 0.3) is 11.5 Å². The lowest BCUT2D eigenvalue weighted by Crippen LogP contribution is -2.23. The SMILES string of the molecule is Cc1cc(C(O)Nc2nc(-c3ccco3)c(C(=O)C3CCOCC3)s2)cnc1C. The number of hydrogen-bond acceptors (Lipinski definition) is 8. The molecule has 152 valence electrons. The Morgan fingerprint density at radius 2 is 2.14 bits per heavy atom. The minimum absolute atomic E-state index is 0.0487. The number of ether oxygens (including phenoxy) is 1. The van der Waals surface area contributed by atoms with E-state index in [2.05, 4.69) is 15.3 Å². The number of anilines is 1. The number of carbonyl (C=O) groups is 1. The molecule has 0 bridgehead atoms. The van der Waals surface area contributed by atoms with E-state index in [1.165, 1.54) is 11.3 Å². The second-order valence-electron chi connectivity index (χ2n) is 7.14. The zero-order valence-corrected chi connectivity index (χ0v) is 17.2. The third-order valence-electron chi connectivity index (χ3n) is 5.13. The van der Waals surface area contributed by atoms with Gasteiger partial charge in [-0.1, -0.05) is 11.3 Å². The van der Waals surface area contributed by atoms with Crippen molar-refractivity contribution >= 4 is 22.3 Å². The van der Waals surface area contributed by atoms with Crippen LogP contribution in [0.1, 0.15) is 45.6 Å². The number of furan rings is 1. The molecule has 1 aliphatic rings. The lowest BCUT2D eigenvalue weighted by atomic mass is 9.94. The Morgan fingerprint density at radius 1 is 1.34 bits per heavy atom. The second-order valence-corrected chi connectivity index (χ2v) is 8.14. The van der Waals surface area contributed by atoms with Crippen molar-refractivity contribution in [2.24, 2.45) is 5.92 Å².